The SMILES string of the molecule is CCc1cc(Cl)cc(C(/C=C/c2ccc(C(=O)NC3(C(=O)NCC(F)(F)F)CC3)c(C(F)(F)F)c2)C(F)(F)F)c1. The second-order valence-electron chi connectivity index (χ2n) is 9.26. The van der Waals surface area contributed by atoms with E-state index in [1.807, 2.05) is 0 Å². The van der Waals surface area contributed by atoms with E-state index >= 15 is 0 Å². The minimum absolute atomic E-state index is 0.0623. The van der Waals surface area contributed by atoms with E-state index in [2.05, 4.69) is 5.32 Å². The van der Waals surface area contributed by atoms with Gasteiger partial charge in [0.2, 0.25) is 5.91 Å². The number of allylic oxidation sites excluding steroid dienone is 1. The summed E-state index contributed by atoms with van der Waals surface area (Å²) in [5, 5.41) is 3.71. The van der Waals surface area contributed by atoms with Crippen LogP contribution in [-0.4, -0.2) is 36.3 Å². The minimum Gasteiger partial charge on any atom is -0.345 e. The third-order valence-corrected chi connectivity index (χ3v) is 6.38. The number of carbonyl (C=O) groups excluding carboxylic acids is 2. The number of rotatable bonds is 8. The molecule has 0 aliphatic heterocycles. The van der Waals surface area contributed by atoms with Crippen molar-refractivity contribution in [3.05, 3.63) is 75.3 Å². The van der Waals surface area contributed by atoms with Crippen molar-refractivity contribution < 1.29 is 49.1 Å². The Labute approximate surface area is 227 Å². The van der Waals surface area contributed by atoms with Gasteiger partial charge in [-0.15, -0.1) is 0 Å². The molecule has 0 bridgehead atoms. The average molecular weight is 601 g/mol. The maximum absolute atomic E-state index is 13.8. The Morgan fingerprint density at radius 2 is 1.65 bits per heavy atom. The van der Waals surface area contributed by atoms with Crippen LogP contribution in [0.2, 0.25) is 5.02 Å². The number of aryl methyl sites for hydroxylation is 1. The monoisotopic (exact) mass is 600 g/mol. The van der Waals surface area contributed by atoms with Gasteiger partial charge in [0, 0.05) is 5.02 Å². The van der Waals surface area contributed by atoms with Gasteiger partial charge >= 0.3 is 18.5 Å². The van der Waals surface area contributed by atoms with E-state index in [-0.39, 0.29) is 29.0 Å². The highest BCUT2D eigenvalue weighted by Gasteiger charge is 2.52. The van der Waals surface area contributed by atoms with Crippen LogP contribution in [0.15, 0.2) is 42.5 Å². The highest BCUT2D eigenvalue weighted by molar-refractivity contribution is 6.30. The number of benzene rings is 2. The predicted molar refractivity (Wildman–Crippen MR) is 129 cm³/mol. The van der Waals surface area contributed by atoms with E-state index in [1.165, 1.54) is 12.1 Å². The number of halogens is 10. The Bertz CT molecular complexity index is 1300. The number of nitrogens with one attached hydrogen (secondary N) is 2. The Morgan fingerprint density at radius 3 is 2.17 bits per heavy atom. The number of carbonyl (C=O) groups is 2. The normalized spacial score (nSPS) is 16.1. The third-order valence-electron chi connectivity index (χ3n) is 6.16. The minimum atomic E-state index is -5.13. The van der Waals surface area contributed by atoms with Gasteiger partial charge in [-0.2, -0.15) is 39.5 Å². The molecule has 3 rings (SSSR count). The molecule has 1 fully saturated rings. The zero-order valence-corrected chi connectivity index (χ0v) is 21.4. The van der Waals surface area contributed by atoms with Crippen molar-refractivity contribution >= 4 is 29.5 Å². The van der Waals surface area contributed by atoms with Crippen LogP contribution in [0.5, 0.6) is 0 Å². The molecule has 2 aromatic rings. The summed E-state index contributed by atoms with van der Waals surface area (Å²) in [4.78, 5) is 24.8. The lowest BCUT2D eigenvalue weighted by atomic mass is 9.94. The quantitative estimate of drug-likeness (QED) is 0.314. The molecular formula is C26H22ClF9N2O2. The largest absolute Gasteiger partial charge is 0.417 e. The lowest BCUT2D eigenvalue weighted by Crippen LogP contribution is -2.51. The summed E-state index contributed by atoms with van der Waals surface area (Å²) in [5.74, 6) is -4.77. The lowest BCUT2D eigenvalue weighted by Gasteiger charge is -2.20. The van der Waals surface area contributed by atoms with Gasteiger partial charge in [0.25, 0.3) is 5.91 Å². The molecule has 4 nitrogen and oxygen atoms in total. The average Bonchev–Trinajstić information content (AvgIpc) is 3.60. The van der Waals surface area contributed by atoms with Gasteiger partial charge in [-0.05, 0) is 60.2 Å². The van der Waals surface area contributed by atoms with E-state index < -0.39 is 59.5 Å². The van der Waals surface area contributed by atoms with Crippen molar-refractivity contribution in [3.63, 3.8) is 0 Å². The predicted octanol–water partition coefficient (Wildman–Crippen LogP) is 7.22. The number of amides is 2. The highest BCUT2D eigenvalue weighted by Crippen LogP contribution is 2.40. The van der Waals surface area contributed by atoms with Crippen LogP contribution in [0, 0.1) is 0 Å². The van der Waals surface area contributed by atoms with Gasteiger partial charge in [-0.1, -0.05) is 42.8 Å². The second-order valence-corrected chi connectivity index (χ2v) is 9.70. The fourth-order valence-electron chi connectivity index (χ4n) is 3.94. The first-order chi connectivity index (χ1) is 18.3. The summed E-state index contributed by atoms with van der Waals surface area (Å²) in [5.41, 5.74) is -4.23. The van der Waals surface area contributed by atoms with E-state index in [4.69, 9.17) is 11.6 Å². The molecule has 0 saturated heterocycles. The molecule has 2 amide bonds. The van der Waals surface area contributed by atoms with Crippen LogP contribution in [0.1, 0.15) is 58.3 Å². The molecule has 0 heterocycles. The molecule has 1 saturated carbocycles. The maximum Gasteiger partial charge on any atom is 0.417 e. The summed E-state index contributed by atoms with van der Waals surface area (Å²) in [6.45, 7) is 0.0242. The zero-order valence-electron chi connectivity index (χ0n) is 20.6. The van der Waals surface area contributed by atoms with Crippen LogP contribution in [-0.2, 0) is 17.4 Å². The molecule has 1 atom stereocenters. The fraction of sp³-hybridized carbons (Fsp3) is 0.385. The Kier molecular flexibility index (Phi) is 8.88. The molecule has 1 aliphatic carbocycles. The molecule has 14 heteroatoms. The molecule has 2 N–H and O–H groups in total. The van der Waals surface area contributed by atoms with Crippen molar-refractivity contribution in [3.8, 4) is 0 Å². The van der Waals surface area contributed by atoms with Gasteiger partial charge in [0.15, 0.2) is 0 Å². The molecule has 40 heavy (non-hydrogen) atoms. The Morgan fingerprint density at radius 1 is 1.00 bits per heavy atom. The Balaban J connectivity index is 1.89. The van der Waals surface area contributed by atoms with Gasteiger partial charge in [-0.3, -0.25) is 9.59 Å². The van der Waals surface area contributed by atoms with E-state index in [1.54, 1.807) is 12.2 Å². The van der Waals surface area contributed by atoms with Crippen molar-refractivity contribution in [1.29, 1.82) is 0 Å². The molecular weight excluding hydrogens is 579 g/mol. The smallest absolute Gasteiger partial charge is 0.345 e. The number of alkyl halides is 9. The molecule has 2 aromatic carbocycles. The lowest BCUT2D eigenvalue weighted by molar-refractivity contribution is -0.140. The van der Waals surface area contributed by atoms with Crippen LogP contribution in [0.25, 0.3) is 6.08 Å². The van der Waals surface area contributed by atoms with E-state index in [9.17, 15) is 49.1 Å². The van der Waals surface area contributed by atoms with E-state index in [0.29, 0.717) is 24.1 Å². The van der Waals surface area contributed by atoms with Crippen molar-refractivity contribution in [2.75, 3.05) is 6.54 Å². The van der Waals surface area contributed by atoms with Gasteiger partial charge < -0.3 is 10.6 Å². The standard InChI is InChI=1S/C26H22ClF9N2O2/c1-2-14-9-16(12-17(27)10-14)19(25(31,32)33)6-4-15-3-5-18(20(11-15)26(34,35)36)21(39)38-23(7-8-23)22(40)37-13-24(28,29)30/h3-6,9-12,19H,2,7-8,13H2,1H3,(H,37,40)(H,38,39)/b6-4+. The first-order valence-corrected chi connectivity index (χ1v) is 12.2. The van der Waals surface area contributed by atoms with Gasteiger partial charge in [0.05, 0.1) is 17.0 Å². The summed E-state index contributed by atoms with van der Waals surface area (Å²) in [6, 6.07) is 6.06. The van der Waals surface area contributed by atoms with Crippen LogP contribution in [0.4, 0.5) is 39.5 Å². The van der Waals surface area contributed by atoms with Crippen LogP contribution in [0.3, 0.4) is 0 Å². The van der Waals surface area contributed by atoms with Crippen LogP contribution < -0.4 is 10.6 Å². The zero-order chi connectivity index (χ0) is 30.1. The summed E-state index contributed by atoms with van der Waals surface area (Å²) < 4.78 is 120. The number of hydrogen-bond acceptors (Lipinski definition) is 2. The molecule has 218 valence electrons. The van der Waals surface area contributed by atoms with E-state index in [0.717, 1.165) is 24.3 Å². The molecule has 0 radical (unpaired) electrons. The summed E-state index contributed by atoms with van der Waals surface area (Å²) >= 11 is 5.94. The van der Waals surface area contributed by atoms with Crippen molar-refractivity contribution in [2.45, 2.75) is 56.2 Å². The molecule has 0 spiro atoms. The highest BCUT2D eigenvalue weighted by atomic mass is 35.5. The van der Waals surface area contributed by atoms with Crippen molar-refractivity contribution in [2.24, 2.45) is 0 Å². The second kappa shape index (κ2) is 11.3. The van der Waals surface area contributed by atoms with Crippen molar-refractivity contribution in [1.82, 2.24) is 10.6 Å². The van der Waals surface area contributed by atoms with Gasteiger partial charge in [0.1, 0.15) is 12.1 Å². The third kappa shape index (κ3) is 7.92. The summed E-state index contributed by atoms with van der Waals surface area (Å²) in [7, 11) is 0. The topological polar surface area (TPSA) is 58.2 Å². The fourth-order valence-corrected chi connectivity index (χ4v) is 4.21. The maximum atomic E-state index is 13.8. The summed E-state index contributed by atoms with van der Waals surface area (Å²) in [6.07, 6.45) is -13.0. The first kappa shape index (κ1) is 31.3. The number of hydrogen-bond donors (Lipinski definition) is 2. The first-order valence-electron chi connectivity index (χ1n) is 11.8. The van der Waals surface area contributed by atoms with Crippen LogP contribution >= 0.6 is 11.6 Å². The Hall–Kier alpha value is -3.22. The van der Waals surface area contributed by atoms with Gasteiger partial charge in [-0.25, -0.2) is 0 Å². The molecule has 1 aliphatic rings. The molecule has 0 aromatic heterocycles. The molecule has 1 unspecified atom stereocenters.